The summed E-state index contributed by atoms with van der Waals surface area (Å²) in [5.74, 6) is -1.74. The number of rotatable bonds is 7. The summed E-state index contributed by atoms with van der Waals surface area (Å²) in [5.41, 5.74) is -3.15. The number of fused-ring (bicyclic) bond motifs is 2. The first kappa shape index (κ1) is 37.7. The number of benzene rings is 3. The van der Waals surface area contributed by atoms with E-state index < -0.39 is 54.2 Å². The molecule has 4 aromatic rings. The molecular formula is C37H39F3N3O7PS. The topological polar surface area (TPSA) is 136 Å². The van der Waals surface area contributed by atoms with Gasteiger partial charge in [-0.3, -0.25) is 18.9 Å². The number of ether oxygens (including phenoxy) is 1. The van der Waals surface area contributed by atoms with Crippen LogP contribution in [0, 0.1) is 18.2 Å². The lowest BCUT2D eigenvalue weighted by Crippen LogP contribution is -2.61. The maximum atomic E-state index is 14.6. The standard InChI is InChI=1S/C37H39F3N3O7PS/c1-21-15-23(9-11-27(21)38)29-20-42(13-14-50-29)34(45)28-17-22-7-5-6-8-24(22)19-43(28)35(46)32(36(2,3)4)41-33(44)31-18-25-16-26(10-12-30(25)52-31)37(39,40)51(47,48)49/h5-12,15-16,18,28-29,32H,13-14,17,19-20H2,1-4H3,(H,41,44)(H2,47,48,49)/t28-,29?,32?/m0/s1. The van der Waals surface area contributed by atoms with Crippen LogP contribution < -0.4 is 5.32 Å². The third kappa shape index (κ3) is 7.40. The predicted molar refractivity (Wildman–Crippen MR) is 189 cm³/mol. The quantitative estimate of drug-likeness (QED) is 0.189. The third-order valence-electron chi connectivity index (χ3n) is 9.59. The van der Waals surface area contributed by atoms with Gasteiger partial charge in [-0.05, 0) is 64.2 Å². The van der Waals surface area contributed by atoms with Gasteiger partial charge in [-0.25, -0.2) is 4.39 Å². The van der Waals surface area contributed by atoms with Gasteiger partial charge in [0.2, 0.25) is 11.8 Å². The highest BCUT2D eigenvalue weighted by molar-refractivity contribution is 7.52. The SMILES string of the molecule is Cc1cc(C2CN(C(=O)[C@@H]3Cc4ccccc4CN3C(=O)C(NC(=O)c3cc4cc(C(F)(F)P(=O)(O)O)ccc4s3)C(C)(C)C)CCO2)ccc1F. The lowest BCUT2D eigenvalue weighted by atomic mass is 9.84. The minimum absolute atomic E-state index is 0.0979. The fourth-order valence-electron chi connectivity index (χ4n) is 6.63. The van der Waals surface area contributed by atoms with E-state index in [-0.39, 0.29) is 48.1 Å². The van der Waals surface area contributed by atoms with E-state index in [1.165, 1.54) is 23.1 Å². The highest BCUT2D eigenvalue weighted by Gasteiger charge is 2.50. The summed E-state index contributed by atoms with van der Waals surface area (Å²) in [6.45, 7) is 7.87. The maximum absolute atomic E-state index is 14.6. The number of aryl methyl sites for hydroxylation is 1. The van der Waals surface area contributed by atoms with Crippen molar-refractivity contribution >= 4 is 46.7 Å². The zero-order valence-corrected chi connectivity index (χ0v) is 30.6. The molecule has 52 heavy (non-hydrogen) atoms. The third-order valence-corrected chi connectivity index (χ3v) is 11.7. The molecule has 0 aliphatic carbocycles. The van der Waals surface area contributed by atoms with Gasteiger partial charge >= 0.3 is 13.3 Å². The number of hydrogen-bond acceptors (Lipinski definition) is 6. The van der Waals surface area contributed by atoms with E-state index in [4.69, 9.17) is 4.74 Å². The Kier molecular flexibility index (Phi) is 10.2. The van der Waals surface area contributed by atoms with Crippen molar-refractivity contribution in [2.75, 3.05) is 19.7 Å². The first-order chi connectivity index (χ1) is 24.3. The van der Waals surface area contributed by atoms with Crippen molar-refractivity contribution < 1.29 is 46.6 Å². The number of thiophene rings is 1. The zero-order chi connectivity index (χ0) is 37.7. The van der Waals surface area contributed by atoms with Crippen LogP contribution in [-0.4, -0.2) is 69.1 Å². The molecule has 3 atom stereocenters. The summed E-state index contributed by atoms with van der Waals surface area (Å²) in [6, 6.07) is 14.7. The summed E-state index contributed by atoms with van der Waals surface area (Å²) in [7, 11) is -5.80. The minimum Gasteiger partial charge on any atom is -0.370 e. The summed E-state index contributed by atoms with van der Waals surface area (Å²) in [4.78, 5) is 64.4. The fourth-order valence-corrected chi connectivity index (χ4v) is 8.05. The van der Waals surface area contributed by atoms with Crippen LogP contribution >= 0.6 is 18.9 Å². The Balaban J connectivity index is 1.27. The van der Waals surface area contributed by atoms with E-state index in [1.54, 1.807) is 44.7 Å². The number of nitrogens with one attached hydrogen (secondary N) is 1. The summed E-state index contributed by atoms with van der Waals surface area (Å²) >= 11 is 0.978. The fraction of sp³-hybridized carbons (Fsp3) is 0.378. The molecule has 6 rings (SSSR count). The van der Waals surface area contributed by atoms with Crippen molar-refractivity contribution in [2.45, 2.75) is 64.5 Å². The molecule has 0 bridgehead atoms. The molecule has 0 radical (unpaired) electrons. The van der Waals surface area contributed by atoms with Crippen LogP contribution in [0.25, 0.3) is 10.1 Å². The molecule has 2 aliphatic rings. The van der Waals surface area contributed by atoms with Crippen molar-refractivity contribution in [3.05, 3.63) is 105 Å². The van der Waals surface area contributed by atoms with Crippen molar-refractivity contribution in [2.24, 2.45) is 5.41 Å². The minimum atomic E-state index is -5.80. The largest absolute Gasteiger partial charge is 0.399 e. The molecule has 0 saturated carbocycles. The van der Waals surface area contributed by atoms with Gasteiger partial charge in [0.25, 0.3) is 5.91 Å². The number of halogens is 3. The first-order valence-electron chi connectivity index (χ1n) is 16.7. The van der Waals surface area contributed by atoms with Gasteiger partial charge in [0.05, 0.1) is 18.0 Å². The van der Waals surface area contributed by atoms with Crippen LogP contribution in [0.2, 0.25) is 0 Å². The molecule has 3 aromatic carbocycles. The van der Waals surface area contributed by atoms with Gasteiger partial charge in [-0.1, -0.05) is 63.2 Å². The Morgan fingerprint density at radius 2 is 1.73 bits per heavy atom. The Morgan fingerprint density at radius 3 is 2.40 bits per heavy atom. The van der Waals surface area contributed by atoms with Gasteiger partial charge in [-0.2, -0.15) is 8.78 Å². The molecule has 0 spiro atoms. The molecule has 1 fully saturated rings. The van der Waals surface area contributed by atoms with E-state index in [2.05, 4.69) is 5.32 Å². The van der Waals surface area contributed by atoms with Gasteiger partial charge < -0.3 is 29.6 Å². The zero-order valence-electron chi connectivity index (χ0n) is 28.9. The molecule has 3 N–H and O–H groups in total. The van der Waals surface area contributed by atoms with Gasteiger partial charge in [-0.15, -0.1) is 11.3 Å². The number of alkyl halides is 2. The highest BCUT2D eigenvalue weighted by Crippen LogP contribution is 2.59. The lowest BCUT2D eigenvalue weighted by Gasteiger charge is -2.43. The highest BCUT2D eigenvalue weighted by atomic mass is 32.1. The molecule has 2 unspecified atom stereocenters. The van der Waals surface area contributed by atoms with Crippen molar-refractivity contribution in [1.29, 1.82) is 0 Å². The molecule has 2 aliphatic heterocycles. The van der Waals surface area contributed by atoms with Crippen molar-refractivity contribution in [3.8, 4) is 0 Å². The molecular weight excluding hydrogens is 718 g/mol. The predicted octanol–water partition coefficient (Wildman–Crippen LogP) is 6.27. The van der Waals surface area contributed by atoms with Gasteiger partial charge in [0.1, 0.15) is 24.0 Å². The molecule has 3 amide bonds. The van der Waals surface area contributed by atoms with Crippen LogP contribution in [0.5, 0.6) is 0 Å². The van der Waals surface area contributed by atoms with Crippen LogP contribution in [-0.2, 0) is 37.5 Å². The number of amides is 3. The Bertz CT molecular complexity index is 2100. The van der Waals surface area contributed by atoms with Crippen LogP contribution in [0.1, 0.15) is 64.4 Å². The Morgan fingerprint density at radius 1 is 1.02 bits per heavy atom. The number of nitrogens with zero attached hydrogens (tertiary/aromatic N) is 2. The maximum Gasteiger partial charge on any atom is 0.399 e. The molecule has 1 aromatic heterocycles. The molecule has 276 valence electrons. The monoisotopic (exact) mass is 757 g/mol. The first-order valence-corrected chi connectivity index (χ1v) is 19.1. The van der Waals surface area contributed by atoms with Crippen LogP contribution in [0.3, 0.4) is 0 Å². The number of carbonyl (C=O) groups is 3. The second-order valence-corrected chi connectivity index (χ2v) is 17.1. The molecule has 1 saturated heterocycles. The van der Waals surface area contributed by atoms with Crippen LogP contribution in [0.15, 0.2) is 66.7 Å². The summed E-state index contributed by atoms with van der Waals surface area (Å²) in [6.07, 6.45) is -0.236. The number of morpholine rings is 1. The van der Waals surface area contributed by atoms with Gasteiger partial charge in [0, 0.05) is 29.8 Å². The average molecular weight is 758 g/mol. The van der Waals surface area contributed by atoms with Crippen molar-refractivity contribution in [1.82, 2.24) is 15.1 Å². The van der Waals surface area contributed by atoms with Crippen molar-refractivity contribution in [3.63, 3.8) is 0 Å². The van der Waals surface area contributed by atoms with Crippen LogP contribution in [0.4, 0.5) is 13.2 Å². The van der Waals surface area contributed by atoms with E-state index in [0.29, 0.717) is 16.8 Å². The van der Waals surface area contributed by atoms with E-state index in [9.17, 15) is 41.9 Å². The Labute approximate surface area is 302 Å². The Hall–Kier alpha value is -4.07. The lowest BCUT2D eigenvalue weighted by molar-refractivity contribution is -0.153. The van der Waals surface area contributed by atoms with E-state index in [1.807, 2.05) is 24.3 Å². The second-order valence-electron chi connectivity index (χ2n) is 14.3. The average Bonchev–Trinajstić information content (AvgIpc) is 3.53. The summed E-state index contributed by atoms with van der Waals surface area (Å²) in [5, 5.41) is 3.01. The smallest absolute Gasteiger partial charge is 0.370 e. The molecule has 15 heteroatoms. The number of carbonyl (C=O) groups excluding carboxylic acids is 3. The van der Waals surface area contributed by atoms with Gasteiger partial charge in [0.15, 0.2) is 0 Å². The van der Waals surface area contributed by atoms with E-state index >= 15 is 0 Å². The van der Waals surface area contributed by atoms with E-state index in [0.717, 1.165) is 40.2 Å². The molecule has 3 heterocycles. The second kappa shape index (κ2) is 14.1. The number of hydrogen-bond donors (Lipinski definition) is 3. The molecule has 10 nitrogen and oxygen atoms in total. The normalized spacial score (nSPS) is 18.9. The summed E-state index contributed by atoms with van der Waals surface area (Å²) < 4.78 is 60.7.